The molecule has 3 rings (SSSR count). The number of furan rings is 1. The quantitative estimate of drug-likeness (QED) is 0.435. The van der Waals surface area contributed by atoms with Crippen LogP contribution in [0.2, 0.25) is 0 Å². The van der Waals surface area contributed by atoms with Crippen LogP contribution >= 0.6 is 0 Å². The van der Waals surface area contributed by atoms with Gasteiger partial charge in [0, 0.05) is 5.69 Å². The molecular formula is C25H29N3O5S. The lowest BCUT2D eigenvalue weighted by Gasteiger charge is -2.32. The molecule has 1 aromatic heterocycles. The van der Waals surface area contributed by atoms with E-state index in [4.69, 9.17) is 4.42 Å². The summed E-state index contributed by atoms with van der Waals surface area (Å²) in [4.78, 5) is 28.1. The average molecular weight is 484 g/mol. The third-order valence-corrected chi connectivity index (χ3v) is 6.72. The van der Waals surface area contributed by atoms with Gasteiger partial charge in [0.1, 0.15) is 11.8 Å². The summed E-state index contributed by atoms with van der Waals surface area (Å²) in [7, 11) is -3.89. The number of carbonyl (C=O) groups is 2. The van der Waals surface area contributed by atoms with Gasteiger partial charge in [-0.25, -0.2) is 13.1 Å². The van der Waals surface area contributed by atoms with Gasteiger partial charge < -0.3 is 9.73 Å². The summed E-state index contributed by atoms with van der Waals surface area (Å²) in [5.41, 5.74) is 1.35. The number of nitrogens with zero attached hydrogens (tertiary/aromatic N) is 1. The van der Waals surface area contributed by atoms with Crippen molar-refractivity contribution >= 4 is 27.5 Å². The Morgan fingerprint density at radius 1 is 1.00 bits per heavy atom. The Balaban J connectivity index is 1.86. The molecule has 0 unspecified atom stereocenters. The van der Waals surface area contributed by atoms with E-state index < -0.39 is 28.5 Å². The number of amides is 2. The van der Waals surface area contributed by atoms with E-state index in [1.807, 2.05) is 26.0 Å². The topological polar surface area (TPSA) is 109 Å². The zero-order chi connectivity index (χ0) is 24.6. The number of hydrogen-bond donors (Lipinski definition) is 2. The summed E-state index contributed by atoms with van der Waals surface area (Å²) >= 11 is 0. The normalized spacial score (nSPS) is 12.2. The maximum atomic E-state index is 13.4. The molecule has 0 aliphatic carbocycles. The first-order chi connectivity index (χ1) is 16.3. The standard InChI is InChI=1S/C25H29N3O5S/c1-3-10-23(25(30)26-17-20-12-9-16-33-20)28(22-15-8-7-11-19(22)2)24(29)18-27-34(31,32)21-13-5-4-6-14-21/h4-9,11-16,23,27H,3,10,17-18H2,1-2H3,(H,26,30)/t23-/m0/s1. The molecule has 0 fully saturated rings. The lowest BCUT2D eigenvalue weighted by Crippen LogP contribution is -2.52. The molecule has 1 atom stereocenters. The van der Waals surface area contributed by atoms with E-state index in [-0.39, 0.29) is 17.3 Å². The van der Waals surface area contributed by atoms with E-state index >= 15 is 0 Å². The van der Waals surface area contributed by atoms with Gasteiger partial charge in [-0.2, -0.15) is 0 Å². The van der Waals surface area contributed by atoms with Crippen molar-refractivity contribution in [1.29, 1.82) is 0 Å². The molecule has 0 saturated heterocycles. The van der Waals surface area contributed by atoms with Crippen molar-refractivity contribution in [1.82, 2.24) is 10.0 Å². The number of anilines is 1. The molecular weight excluding hydrogens is 454 g/mol. The van der Waals surface area contributed by atoms with Crippen LogP contribution in [0.25, 0.3) is 0 Å². The molecule has 8 nitrogen and oxygen atoms in total. The van der Waals surface area contributed by atoms with Crippen LogP contribution < -0.4 is 14.9 Å². The van der Waals surface area contributed by atoms with Crippen LogP contribution in [0, 0.1) is 6.92 Å². The molecule has 2 aromatic carbocycles. The maximum Gasteiger partial charge on any atom is 0.243 e. The molecule has 3 aromatic rings. The molecule has 34 heavy (non-hydrogen) atoms. The minimum Gasteiger partial charge on any atom is -0.467 e. The van der Waals surface area contributed by atoms with E-state index in [1.165, 1.54) is 23.3 Å². The van der Waals surface area contributed by atoms with Crippen molar-refractivity contribution < 1.29 is 22.4 Å². The van der Waals surface area contributed by atoms with E-state index in [0.29, 0.717) is 24.3 Å². The fourth-order valence-electron chi connectivity index (χ4n) is 3.59. The van der Waals surface area contributed by atoms with Crippen LogP contribution in [0.5, 0.6) is 0 Å². The van der Waals surface area contributed by atoms with Gasteiger partial charge in [0.05, 0.1) is 24.2 Å². The number of sulfonamides is 1. The molecule has 2 N–H and O–H groups in total. The molecule has 180 valence electrons. The molecule has 0 bridgehead atoms. The van der Waals surface area contributed by atoms with Crippen molar-refractivity contribution in [2.75, 3.05) is 11.4 Å². The number of benzene rings is 2. The van der Waals surface area contributed by atoms with Crippen molar-refractivity contribution in [3.8, 4) is 0 Å². The Hall–Kier alpha value is -3.43. The number of para-hydroxylation sites is 1. The minimum atomic E-state index is -3.89. The SMILES string of the molecule is CCC[C@@H](C(=O)NCc1ccco1)N(C(=O)CNS(=O)(=O)c1ccccc1)c1ccccc1C. The van der Waals surface area contributed by atoms with E-state index in [2.05, 4.69) is 10.0 Å². The molecule has 0 radical (unpaired) electrons. The Morgan fingerprint density at radius 2 is 1.71 bits per heavy atom. The smallest absolute Gasteiger partial charge is 0.243 e. The van der Waals surface area contributed by atoms with Crippen LogP contribution in [-0.4, -0.2) is 32.8 Å². The third-order valence-electron chi connectivity index (χ3n) is 5.30. The van der Waals surface area contributed by atoms with Crippen molar-refractivity contribution in [2.45, 2.75) is 44.2 Å². The fraction of sp³-hybridized carbons (Fsp3) is 0.280. The predicted octanol–water partition coefficient (Wildman–Crippen LogP) is 3.38. The monoisotopic (exact) mass is 483 g/mol. The Labute approximate surface area is 200 Å². The zero-order valence-corrected chi connectivity index (χ0v) is 20.0. The van der Waals surface area contributed by atoms with Gasteiger partial charge in [0.2, 0.25) is 21.8 Å². The number of rotatable bonds is 11. The summed E-state index contributed by atoms with van der Waals surface area (Å²) in [5, 5.41) is 2.83. The van der Waals surface area contributed by atoms with Crippen LogP contribution in [0.3, 0.4) is 0 Å². The zero-order valence-electron chi connectivity index (χ0n) is 19.2. The lowest BCUT2D eigenvalue weighted by molar-refractivity contribution is -0.126. The number of nitrogens with one attached hydrogen (secondary N) is 2. The van der Waals surface area contributed by atoms with Gasteiger partial charge in [0.15, 0.2) is 0 Å². The third kappa shape index (κ3) is 6.33. The highest BCUT2D eigenvalue weighted by Gasteiger charge is 2.32. The minimum absolute atomic E-state index is 0.0616. The summed E-state index contributed by atoms with van der Waals surface area (Å²) in [6.07, 6.45) is 2.56. The Bertz CT molecular complexity index is 1190. The van der Waals surface area contributed by atoms with E-state index in [0.717, 1.165) is 5.56 Å². The Kier molecular flexibility index (Phi) is 8.61. The van der Waals surface area contributed by atoms with Gasteiger partial charge >= 0.3 is 0 Å². The first-order valence-electron chi connectivity index (χ1n) is 11.1. The average Bonchev–Trinajstić information content (AvgIpc) is 3.36. The van der Waals surface area contributed by atoms with Crippen molar-refractivity contribution in [3.63, 3.8) is 0 Å². The molecule has 0 aliphatic heterocycles. The molecule has 1 heterocycles. The maximum absolute atomic E-state index is 13.4. The summed E-state index contributed by atoms with van der Waals surface area (Å²) < 4.78 is 33.0. The first-order valence-corrected chi connectivity index (χ1v) is 12.5. The fourth-order valence-corrected chi connectivity index (χ4v) is 4.59. The highest BCUT2D eigenvalue weighted by atomic mass is 32.2. The molecule has 2 amide bonds. The van der Waals surface area contributed by atoms with Crippen LogP contribution in [0.4, 0.5) is 5.69 Å². The number of hydrogen-bond acceptors (Lipinski definition) is 5. The van der Waals surface area contributed by atoms with Gasteiger partial charge in [-0.3, -0.25) is 14.5 Å². The number of aryl methyl sites for hydroxylation is 1. The van der Waals surface area contributed by atoms with Crippen LogP contribution in [0.1, 0.15) is 31.1 Å². The summed E-state index contributed by atoms with van der Waals surface area (Å²) in [5.74, 6) is -0.283. The second-order valence-electron chi connectivity index (χ2n) is 7.79. The second-order valence-corrected chi connectivity index (χ2v) is 9.56. The van der Waals surface area contributed by atoms with E-state index in [1.54, 1.807) is 42.5 Å². The summed E-state index contributed by atoms with van der Waals surface area (Å²) in [6, 6.07) is 17.7. The highest BCUT2D eigenvalue weighted by molar-refractivity contribution is 7.89. The van der Waals surface area contributed by atoms with E-state index in [9.17, 15) is 18.0 Å². The molecule has 0 saturated carbocycles. The van der Waals surface area contributed by atoms with Crippen LogP contribution in [0.15, 0.2) is 82.3 Å². The second kappa shape index (κ2) is 11.6. The lowest BCUT2D eigenvalue weighted by atomic mass is 10.1. The van der Waals surface area contributed by atoms with Gasteiger partial charge in [-0.05, 0) is 49.2 Å². The van der Waals surface area contributed by atoms with Gasteiger partial charge in [-0.15, -0.1) is 0 Å². The molecule has 9 heteroatoms. The largest absolute Gasteiger partial charge is 0.467 e. The first kappa shape index (κ1) is 25.2. The molecule has 0 aliphatic rings. The highest BCUT2D eigenvalue weighted by Crippen LogP contribution is 2.24. The van der Waals surface area contributed by atoms with Crippen molar-refractivity contribution in [3.05, 3.63) is 84.3 Å². The van der Waals surface area contributed by atoms with Gasteiger partial charge in [0.25, 0.3) is 0 Å². The Morgan fingerprint density at radius 3 is 2.35 bits per heavy atom. The predicted molar refractivity (Wildman–Crippen MR) is 130 cm³/mol. The number of carbonyl (C=O) groups excluding carboxylic acids is 2. The summed E-state index contributed by atoms with van der Waals surface area (Å²) in [6.45, 7) is 3.46. The van der Waals surface area contributed by atoms with Gasteiger partial charge in [-0.1, -0.05) is 49.7 Å². The van der Waals surface area contributed by atoms with Crippen LogP contribution in [-0.2, 0) is 26.2 Å². The van der Waals surface area contributed by atoms with Crippen molar-refractivity contribution in [2.24, 2.45) is 0 Å². The molecule has 0 spiro atoms.